The zero-order valence-electron chi connectivity index (χ0n) is 16.8. The first-order valence-corrected chi connectivity index (χ1v) is 9.64. The minimum absolute atomic E-state index is 0.359. The predicted molar refractivity (Wildman–Crippen MR) is 110 cm³/mol. The van der Waals surface area contributed by atoms with Crippen LogP contribution in [0.1, 0.15) is 24.5 Å². The number of nitrogens with one attached hydrogen (secondary N) is 1. The Morgan fingerprint density at radius 3 is 2.50 bits per heavy atom. The highest BCUT2D eigenvalue weighted by atomic mass is 16.5. The first-order chi connectivity index (χ1) is 14.4. The van der Waals surface area contributed by atoms with Gasteiger partial charge in [0.05, 0.1) is 19.4 Å². The minimum Gasteiger partial charge on any atom is -0.497 e. The zero-order valence-corrected chi connectivity index (χ0v) is 16.8. The van der Waals surface area contributed by atoms with E-state index in [1.54, 1.807) is 38.3 Å². The topological polar surface area (TPSA) is 91.3 Å². The number of carbonyl (C=O) groups is 3. The summed E-state index contributed by atoms with van der Waals surface area (Å²) < 4.78 is 5.14. The van der Waals surface area contributed by atoms with Crippen LogP contribution in [-0.4, -0.2) is 53.7 Å². The van der Waals surface area contributed by atoms with Gasteiger partial charge in [0, 0.05) is 6.42 Å². The molecule has 0 bridgehead atoms. The molecule has 1 N–H and O–H groups in total. The minimum atomic E-state index is -1.24. The van der Waals surface area contributed by atoms with Gasteiger partial charge < -0.3 is 10.1 Å². The van der Waals surface area contributed by atoms with E-state index in [-0.39, 0.29) is 6.54 Å². The maximum atomic E-state index is 13.0. The predicted octanol–water partition coefficient (Wildman–Crippen LogP) is 2.10. The van der Waals surface area contributed by atoms with Crippen molar-refractivity contribution in [3.8, 4) is 5.75 Å². The molecule has 4 amide bonds. The molecule has 0 aromatic heterocycles. The van der Waals surface area contributed by atoms with E-state index in [4.69, 9.17) is 4.74 Å². The molecule has 154 valence electrons. The highest BCUT2D eigenvalue weighted by molar-refractivity contribution is 6.09. The lowest BCUT2D eigenvalue weighted by atomic mass is 9.92. The van der Waals surface area contributed by atoms with Gasteiger partial charge in [-0.2, -0.15) is 5.10 Å². The van der Waals surface area contributed by atoms with Gasteiger partial charge in [-0.15, -0.1) is 0 Å². The Kier molecular flexibility index (Phi) is 4.99. The maximum absolute atomic E-state index is 13.0. The van der Waals surface area contributed by atoms with E-state index in [1.807, 2.05) is 30.3 Å². The number of hydrazone groups is 1. The van der Waals surface area contributed by atoms with Crippen molar-refractivity contribution in [2.75, 3.05) is 20.2 Å². The first-order valence-electron chi connectivity index (χ1n) is 9.64. The molecule has 0 aliphatic carbocycles. The average Bonchev–Trinajstić information content (AvgIpc) is 3.35. The molecule has 0 radical (unpaired) electrons. The van der Waals surface area contributed by atoms with Crippen LogP contribution in [0.3, 0.4) is 0 Å². The van der Waals surface area contributed by atoms with Crippen LogP contribution in [0.5, 0.6) is 5.75 Å². The summed E-state index contributed by atoms with van der Waals surface area (Å²) in [5.41, 5.74) is 1.13. The molecule has 2 aromatic rings. The molecule has 1 fully saturated rings. The van der Waals surface area contributed by atoms with E-state index in [0.717, 1.165) is 16.2 Å². The Bertz CT molecular complexity index is 1020. The first kappa shape index (κ1) is 19.6. The Hall–Kier alpha value is -3.68. The van der Waals surface area contributed by atoms with E-state index in [2.05, 4.69) is 10.4 Å². The number of amides is 4. The van der Waals surface area contributed by atoms with Crippen molar-refractivity contribution >= 4 is 23.6 Å². The summed E-state index contributed by atoms with van der Waals surface area (Å²) in [5.74, 6) is -0.229. The van der Waals surface area contributed by atoms with Crippen molar-refractivity contribution in [1.82, 2.24) is 15.2 Å². The summed E-state index contributed by atoms with van der Waals surface area (Å²) in [6.45, 7) is 1.69. The quantitative estimate of drug-likeness (QED) is 0.770. The molecule has 0 saturated carbocycles. The van der Waals surface area contributed by atoms with Crippen LogP contribution >= 0.6 is 0 Å². The maximum Gasteiger partial charge on any atom is 0.325 e. The molecule has 4 rings (SSSR count). The molecule has 1 atom stereocenters. The third-order valence-electron chi connectivity index (χ3n) is 5.43. The van der Waals surface area contributed by atoms with Crippen molar-refractivity contribution in [2.45, 2.75) is 18.9 Å². The van der Waals surface area contributed by atoms with Gasteiger partial charge in [0.25, 0.3) is 11.8 Å². The second-order valence-electron chi connectivity index (χ2n) is 7.35. The number of imide groups is 1. The SMILES string of the molecule is COc1ccc(C2(C)NC(=O)N(CC(=O)N3CCC(c4ccccc4)=N3)C2=O)cc1. The fourth-order valence-electron chi connectivity index (χ4n) is 3.65. The van der Waals surface area contributed by atoms with Gasteiger partial charge in [0.15, 0.2) is 0 Å². The van der Waals surface area contributed by atoms with E-state index in [1.165, 1.54) is 5.01 Å². The summed E-state index contributed by atoms with van der Waals surface area (Å²) in [6, 6.07) is 15.9. The second-order valence-corrected chi connectivity index (χ2v) is 7.35. The standard InChI is InChI=1S/C22H22N4O4/c1-22(16-8-10-17(30-2)11-9-16)20(28)25(21(29)23-22)14-19(27)26-13-12-18(24-26)15-6-4-3-5-7-15/h3-11H,12-14H2,1-2H3,(H,23,29). The lowest BCUT2D eigenvalue weighted by Gasteiger charge is -2.22. The lowest BCUT2D eigenvalue weighted by molar-refractivity contribution is -0.138. The number of hydrogen-bond donors (Lipinski definition) is 1. The average molecular weight is 406 g/mol. The Balaban J connectivity index is 1.48. The van der Waals surface area contributed by atoms with E-state index in [0.29, 0.717) is 24.3 Å². The number of ether oxygens (including phenoxy) is 1. The number of rotatable bonds is 5. The number of carbonyl (C=O) groups excluding carboxylic acids is 3. The van der Waals surface area contributed by atoms with Gasteiger partial charge in [-0.3, -0.25) is 14.5 Å². The third-order valence-corrected chi connectivity index (χ3v) is 5.43. The van der Waals surface area contributed by atoms with Crippen LogP contribution in [0.4, 0.5) is 4.79 Å². The molecular formula is C22H22N4O4. The second kappa shape index (κ2) is 7.62. The van der Waals surface area contributed by atoms with Crippen molar-refractivity contribution in [1.29, 1.82) is 0 Å². The highest BCUT2D eigenvalue weighted by Gasteiger charge is 2.49. The Morgan fingerprint density at radius 1 is 1.13 bits per heavy atom. The summed E-state index contributed by atoms with van der Waals surface area (Å²) in [5, 5.41) is 8.41. The van der Waals surface area contributed by atoms with Gasteiger partial charge in [-0.05, 0) is 30.2 Å². The fraction of sp³-hybridized carbons (Fsp3) is 0.273. The molecular weight excluding hydrogens is 384 g/mol. The van der Waals surface area contributed by atoms with E-state index >= 15 is 0 Å². The third kappa shape index (κ3) is 3.41. The van der Waals surface area contributed by atoms with Crippen LogP contribution in [-0.2, 0) is 15.1 Å². The number of benzene rings is 2. The van der Waals surface area contributed by atoms with E-state index < -0.39 is 23.4 Å². The molecule has 0 spiro atoms. The van der Waals surface area contributed by atoms with Gasteiger partial charge in [-0.1, -0.05) is 42.5 Å². The van der Waals surface area contributed by atoms with Gasteiger partial charge in [0.2, 0.25) is 0 Å². The van der Waals surface area contributed by atoms with Gasteiger partial charge >= 0.3 is 6.03 Å². The number of hydrogen-bond acceptors (Lipinski definition) is 5. The van der Waals surface area contributed by atoms with Crippen LogP contribution in [0.15, 0.2) is 59.7 Å². The molecule has 1 unspecified atom stereocenters. The zero-order chi connectivity index (χ0) is 21.3. The molecule has 2 heterocycles. The van der Waals surface area contributed by atoms with Crippen LogP contribution < -0.4 is 10.1 Å². The van der Waals surface area contributed by atoms with Crippen LogP contribution in [0.25, 0.3) is 0 Å². The summed E-state index contributed by atoms with van der Waals surface area (Å²) in [6.07, 6.45) is 0.624. The van der Waals surface area contributed by atoms with E-state index in [9.17, 15) is 14.4 Å². The molecule has 8 nitrogen and oxygen atoms in total. The normalized spacial score (nSPS) is 20.9. The van der Waals surface area contributed by atoms with Gasteiger partial charge in [0.1, 0.15) is 17.8 Å². The molecule has 2 aliphatic rings. The monoisotopic (exact) mass is 406 g/mol. The highest BCUT2D eigenvalue weighted by Crippen LogP contribution is 2.30. The molecule has 2 aromatic carbocycles. The lowest BCUT2D eigenvalue weighted by Crippen LogP contribution is -2.43. The number of nitrogens with zero attached hydrogens (tertiary/aromatic N) is 3. The van der Waals surface area contributed by atoms with Crippen LogP contribution in [0, 0.1) is 0 Å². The Labute approximate surface area is 174 Å². The van der Waals surface area contributed by atoms with Crippen molar-refractivity contribution in [2.24, 2.45) is 5.10 Å². The van der Waals surface area contributed by atoms with Crippen molar-refractivity contribution < 1.29 is 19.1 Å². The Morgan fingerprint density at radius 2 is 1.83 bits per heavy atom. The largest absolute Gasteiger partial charge is 0.497 e. The summed E-state index contributed by atoms with van der Waals surface area (Å²) >= 11 is 0. The van der Waals surface area contributed by atoms with Gasteiger partial charge in [-0.25, -0.2) is 9.80 Å². The number of urea groups is 1. The van der Waals surface area contributed by atoms with Crippen molar-refractivity contribution in [3.63, 3.8) is 0 Å². The van der Waals surface area contributed by atoms with Crippen LogP contribution in [0.2, 0.25) is 0 Å². The molecule has 2 aliphatic heterocycles. The summed E-state index contributed by atoms with van der Waals surface area (Å²) in [4.78, 5) is 39.2. The molecule has 30 heavy (non-hydrogen) atoms. The van der Waals surface area contributed by atoms with Crippen molar-refractivity contribution in [3.05, 3.63) is 65.7 Å². The smallest absolute Gasteiger partial charge is 0.325 e. The fourth-order valence-corrected chi connectivity index (χ4v) is 3.65. The number of methoxy groups -OCH3 is 1. The molecule has 8 heteroatoms. The summed E-state index contributed by atoms with van der Waals surface area (Å²) in [7, 11) is 1.55. The molecule has 1 saturated heterocycles.